The van der Waals surface area contributed by atoms with E-state index < -0.39 is 10.0 Å². The molecule has 0 saturated carbocycles. The lowest BCUT2D eigenvalue weighted by atomic mass is 10.3. The van der Waals surface area contributed by atoms with Gasteiger partial charge in [0.25, 0.3) is 10.0 Å². The van der Waals surface area contributed by atoms with Crippen LogP contribution in [0.5, 0.6) is 0 Å². The number of sulfonamides is 1. The van der Waals surface area contributed by atoms with E-state index in [1.165, 1.54) is 12.3 Å². The Morgan fingerprint density at radius 1 is 1.32 bits per heavy atom. The van der Waals surface area contributed by atoms with Crippen molar-refractivity contribution in [1.29, 1.82) is 0 Å². The van der Waals surface area contributed by atoms with E-state index in [0.717, 1.165) is 3.57 Å². The topological polar surface area (TPSA) is 85.1 Å². The molecule has 0 unspecified atom stereocenters. The third-order valence-electron chi connectivity index (χ3n) is 2.23. The number of benzene rings is 1. The molecule has 0 bridgehead atoms. The van der Waals surface area contributed by atoms with E-state index in [1.54, 1.807) is 24.3 Å². The molecule has 0 radical (unpaired) electrons. The summed E-state index contributed by atoms with van der Waals surface area (Å²) in [5.41, 5.74) is 5.97. The fourth-order valence-corrected chi connectivity index (χ4v) is 3.49. The molecule has 8 heteroatoms. The Morgan fingerprint density at radius 2 is 2.05 bits per heavy atom. The van der Waals surface area contributed by atoms with Gasteiger partial charge in [0.05, 0.1) is 16.4 Å². The second-order valence-electron chi connectivity index (χ2n) is 3.63. The Bertz CT molecular complexity index is 722. The fourth-order valence-electron chi connectivity index (χ4n) is 1.39. The van der Waals surface area contributed by atoms with Crippen molar-refractivity contribution >= 4 is 55.6 Å². The highest BCUT2D eigenvalue weighted by atomic mass is 127. The van der Waals surface area contributed by atoms with Gasteiger partial charge in [-0.05, 0) is 52.9 Å². The van der Waals surface area contributed by atoms with Crippen LogP contribution in [0.3, 0.4) is 0 Å². The van der Waals surface area contributed by atoms with Crippen LogP contribution in [0.25, 0.3) is 0 Å². The van der Waals surface area contributed by atoms with E-state index in [0.29, 0.717) is 5.02 Å². The predicted molar refractivity (Wildman–Crippen MR) is 83.6 cm³/mol. The quantitative estimate of drug-likeness (QED) is 0.763. The maximum atomic E-state index is 12.1. The molecular formula is C11H9ClIN3O2S. The van der Waals surface area contributed by atoms with Crippen molar-refractivity contribution in [3.05, 3.63) is 45.1 Å². The number of hydrogen-bond acceptors (Lipinski definition) is 4. The van der Waals surface area contributed by atoms with Crippen LogP contribution < -0.4 is 10.5 Å². The summed E-state index contributed by atoms with van der Waals surface area (Å²) in [6.07, 6.45) is 1.36. The van der Waals surface area contributed by atoms with Crippen LogP contribution in [0.1, 0.15) is 0 Å². The fraction of sp³-hybridized carbons (Fsp3) is 0. The van der Waals surface area contributed by atoms with Gasteiger partial charge in [-0.3, -0.25) is 4.72 Å². The second kappa shape index (κ2) is 5.51. The minimum absolute atomic E-state index is 0.0802. The number of nitrogen functional groups attached to an aromatic ring is 1. The van der Waals surface area contributed by atoms with Crippen LogP contribution in [0, 0.1) is 3.57 Å². The van der Waals surface area contributed by atoms with Gasteiger partial charge in [-0.25, -0.2) is 4.98 Å². The third-order valence-corrected chi connectivity index (χ3v) is 4.55. The molecule has 3 N–H and O–H groups in total. The first-order valence-corrected chi connectivity index (χ1v) is 8.02. The number of nitrogens with two attached hydrogens (primary N) is 1. The molecule has 0 aliphatic rings. The van der Waals surface area contributed by atoms with E-state index in [2.05, 4.69) is 32.3 Å². The van der Waals surface area contributed by atoms with Crippen molar-refractivity contribution in [3.8, 4) is 0 Å². The molecule has 0 aliphatic carbocycles. The average Bonchev–Trinajstić information content (AvgIpc) is 2.33. The molecule has 1 heterocycles. The van der Waals surface area contributed by atoms with Gasteiger partial charge in [0, 0.05) is 9.77 Å². The first-order valence-electron chi connectivity index (χ1n) is 5.08. The lowest BCUT2D eigenvalue weighted by Crippen LogP contribution is -2.16. The van der Waals surface area contributed by atoms with Gasteiger partial charge in [0.15, 0.2) is 5.03 Å². The minimum atomic E-state index is -3.85. The molecule has 0 spiro atoms. The summed E-state index contributed by atoms with van der Waals surface area (Å²) in [6.45, 7) is 0. The van der Waals surface area contributed by atoms with E-state index >= 15 is 0 Å². The molecule has 19 heavy (non-hydrogen) atoms. The highest BCUT2D eigenvalue weighted by molar-refractivity contribution is 14.1. The SMILES string of the molecule is Nc1cccnc1S(=O)(=O)Nc1ccc(I)cc1Cl. The zero-order valence-electron chi connectivity index (χ0n) is 9.47. The summed E-state index contributed by atoms with van der Waals surface area (Å²) < 4.78 is 27.6. The van der Waals surface area contributed by atoms with Gasteiger partial charge in [0.2, 0.25) is 0 Å². The van der Waals surface area contributed by atoms with E-state index in [4.69, 9.17) is 17.3 Å². The van der Waals surface area contributed by atoms with Gasteiger partial charge >= 0.3 is 0 Å². The van der Waals surface area contributed by atoms with Gasteiger partial charge in [-0.2, -0.15) is 8.42 Å². The summed E-state index contributed by atoms with van der Waals surface area (Å²) in [6, 6.07) is 8.01. The molecular weight excluding hydrogens is 401 g/mol. The third kappa shape index (κ3) is 3.28. The molecule has 0 aliphatic heterocycles. The van der Waals surface area contributed by atoms with Crippen molar-refractivity contribution in [2.45, 2.75) is 5.03 Å². The molecule has 0 amide bonds. The van der Waals surface area contributed by atoms with Crippen LogP contribution in [0.15, 0.2) is 41.6 Å². The summed E-state index contributed by atoms with van der Waals surface area (Å²) in [5.74, 6) is 0. The molecule has 1 aromatic carbocycles. The number of anilines is 2. The van der Waals surface area contributed by atoms with Crippen molar-refractivity contribution in [2.75, 3.05) is 10.5 Å². The van der Waals surface area contributed by atoms with Crippen molar-refractivity contribution in [1.82, 2.24) is 4.98 Å². The summed E-state index contributed by atoms with van der Waals surface area (Å²) in [5, 5.41) is 0.0922. The number of rotatable bonds is 3. The van der Waals surface area contributed by atoms with E-state index in [9.17, 15) is 8.42 Å². The summed E-state index contributed by atoms with van der Waals surface area (Å²) >= 11 is 8.06. The highest BCUT2D eigenvalue weighted by Crippen LogP contribution is 2.27. The Morgan fingerprint density at radius 3 is 2.68 bits per heavy atom. The highest BCUT2D eigenvalue weighted by Gasteiger charge is 2.20. The molecule has 0 fully saturated rings. The second-order valence-corrected chi connectivity index (χ2v) is 6.88. The van der Waals surface area contributed by atoms with Gasteiger partial charge in [-0.15, -0.1) is 0 Å². The van der Waals surface area contributed by atoms with E-state index in [-0.39, 0.29) is 16.4 Å². The van der Waals surface area contributed by atoms with Crippen molar-refractivity contribution in [3.63, 3.8) is 0 Å². The van der Waals surface area contributed by atoms with Crippen LogP contribution >= 0.6 is 34.2 Å². The first-order chi connectivity index (χ1) is 8.90. The molecule has 1 aromatic heterocycles. The van der Waals surface area contributed by atoms with Crippen LogP contribution in [-0.2, 0) is 10.0 Å². The molecule has 2 rings (SSSR count). The standard InChI is InChI=1S/C11H9ClIN3O2S/c12-8-6-7(13)3-4-10(8)16-19(17,18)11-9(14)2-1-5-15-11/h1-6,16H,14H2. The molecule has 0 atom stereocenters. The normalized spacial score (nSPS) is 11.3. The van der Waals surface area contributed by atoms with E-state index in [1.807, 2.05) is 0 Å². The Kier molecular flexibility index (Phi) is 4.16. The summed E-state index contributed by atoms with van der Waals surface area (Å²) in [4.78, 5) is 3.77. The smallest absolute Gasteiger partial charge is 0.281 e. The summed E-state index contributed by atoms with van der Waals surface area (Å²) in [7, 11) is -3.85. The average molecular weight is 410 g/mol. The molecule has 0 saturated heterocycles. The van der Waals surface area contributed by atoms with Crippen LogP contribution in [-0.4, -0.2) is 13.4 Å². The number of hydrogen-bond donors (Lipinski definition) is 2. The Balaban J connectivity index is 2.40. The zero-order valence-corrected chi connectivity index (χ0v) is 13.2. The van der Waals surface area contributed by atoms with Gasteiger partial charge in [0.1, 0.15) is 0 Å². The number of nitrogens with one attached hydrogen (secondary N) is 1. The van der Waals surface area contributed by atoms with Crippen LogP contribution in [0.2, 0.25) is 5.02 Å². The molecule has 2 aromatic rings. The monoisotopic (exact) mass is 409 g/mol. The lowest BCUT2D eigenvalue weighted by molar-refractivity contribution is 0.598. The van der Waals surface area contributed by atoms with Crippen molar-refractivity contribution in [2.24, 2.45) is 0 Å². The first kappa shape index (κ1) is 14.4. The zero-order chi connectivity index (χ0) is 14.0. The number of nitrogens with zero attached hydrogens (tertiary/aromatic N) is 1. The van der Waals surface area contributed by atoms with Gasteiger partial charge < -0.3 is 5.73 Å². The Labute approximate surface area is 129 Å². The predicted octanol–water partition coefficient (Wildman–Crippen LogP) is 2.72. The largest absolute Gasteiger partial charge is 0.396 e. The molecule has 5 nitrogen and oxygen atoms in total. The maximum Gasteiger partial charge on any atom is 0.281 e. The maximum absolute atomic E-state index is 12.1. The number of aromatic nitrogens is 1. The van der Waals surface area contributed by atoms with Crippen molar-refractivity contribution < 1.29 is 8.42 Å². The minimum Gasteiger partial charge on any atom is -0.396 e. The lowest BCUT2D eigenvalue weighted by Gasteiger charge is -2.10. The molecule has 100 valence electrons. The number of pyridine rings is 1. The Hall–Kier alpha value is -1.06. The van der Waals surface area contributed by atoms with Gasteiger partial charge in [-0.1, -0.05) is 11.6 Å². The number of halogens is 2. The van der Waals surface area contributed by atoms with Crippen LogP contribution in [0.4, 0.5) is 11.4 Å².